The van der Waals surface area contributed by atoms with E-state index in [1.54, 1.807) is 24.1 Å². The van der Waals surface area contributed by atoms with Crippen molar-refractivity contribution in [3.05, 3.63) is 64.7 Å². The van der Waals surface area contributed by atoms with Crippen LogP contribution in [0.4, 0.5) is 0 Å². The van der Waals surface area contributed by atoms with Crippen molar-refractivity contribution in [2.45, 2.75) is 68.2 Å². The summed E-state index contributed by atoms with van der Waals surface area (Å²) in [6.07, 6.45) is 6.72. The van der Waals surface area contributed by atoms with E-state index in [0.717, 1.165) is 17.7 Å². The van der Waals surface area contributed by atoms with E-state index in [2.05, 4.69) is 4.90 Å². The van der Waals surface area contributed by atoms with E-state index in [9.17, 15) is 19.8 Å². The van der Waals surface area contributed by atoms with Crippen LogP contribution in [-0.4, -0.2) is 75.6 Å². The molecule has 2 unspecified atom stereocenters. The van der Waals surface area contributed by atoms with Gasteiger partial charge in [-0.2, -0.15) is 0 Å². The molecule has 7 heteroatoms. The number of amides is 1. The van der Waals surface area contributed by atoms with Crippen LogP contribution in [0.2, 0.25) is 0 Å². The fourth-order valence-corrected chi connectivity index (χ4v) is 7.91. The average Bonchev–Trinajstić information content (AvgIpc) is 3.64. The van der Waals surface area contributed by atoms with Crippen LogP contribution < -0.4 is 4.74 Å². The molecule has 0 radical (unpaired) electrons. The highest BCUT2D eigenvalue weighted by molar-refractivity contribution is 6.06. The Bertz CT molecular complexity index is 1380. The molecule has 1 amide bonds. The molecule has 7 rings (SSSR count). The third-order valence-electron chi connectivity index (χ3n) is 9.88. The number of carbonyl (C=O) groups is 2. The van der Waals surface area contributed by atoms with Crippen molar-refractivity contribution in [3.8, 4) is 11.5 Å². The number of likely N-dealkylation sites (tertiary alicyclic amines) is 1. The van der Waals surface area contributed by atoms with E-state index >= 15 is 0 Å². The van der Waals surface area contributed by atoms with Crippen molar-refractivity contribution >= 4 is 17.8 Å². The molecule has 198 valence electrons. The first-order valence-corrected chi connectivity index (χ1v) is 13.8. The third-order valence-corrected chi connectivity index (χ3v) is 9.88. The summed E-state index contributed by atoms with van der Waals surface area (Å²) in [5.41, 5.74) is 1.11. The highest BCUT2D eigenvalue weighted by Gasteiger charge is 2.75. The number of ketones is 1. The van der Waals surface area contributed by atoms with Gasteiger partial charge in [-0.15, -0.1) is 0 Å². The van der Waals surface area contributed by atoms with E-state index in [1.807, 2.05) is 37.3 Å². The monoisotopic (exact) mass is 514 g/mol. The van der Waals surface area contributed by atoms with Gasteiger partial charge in [-0.3, -0.25) is 14.5 Å². The van der Waals surface area contributed by atoms with Crippen molar-refractivity contribution in [1.29, 1.82) is 0 Å². The van der Waals surface area contributed by atoms with Gasteiger partial charge in [0.05, 0.1) is 11.5 Å². The number of carbonyl (C=O) groups excluding carboxylic acids is 2. The van der Waals surface area contributed by atoms with Gasteiger partial charge in [0.2, 0.25) is 5.91 Å². The summed E-state index contributed by atoms with van der Waals surface area (Å²) in [6, 6.07) is 10.3. The third kappa shape index (κ3) is 3.15. The molecule has 2 aromatic rings. The second-order valence-electron chi connectivity index (χ2n) is 12.0. The molecule has 2 aromatic carbocycles. The van der Waals surface area contributed by atoms with Crippen molar-refractivity contribution in [2.75, 3.05) is 20.1 Å². The fourth-order valence-electron chi connectivity index (χ4n) is 7.91. The number of rotatable bonds is 5. The lowest BCUT2D eigenvalue weighted by Crippen LogP contribution is -2.79. The minimum absolute atomic E-state index is 0.0198. The number of phenolic OH excluding ortho intramolecular Hbond substituents is 1. The molecule has 5 aliphatic rings. The number of phenols is 1. The van der Waals surface area contributed by atoms with Gasteiger partial charge >= 0.3 is 0 Å². The van der Waals surface area contributed by atoms with Crippen LogP contribution in [0, 0.1) is 12.8 Å². The molecule has 5 atom stereocenters. The number of ether oxygens (including phenoxy) is 1. The first-order chi connectivity index (χ1) is 18.2. The molecule has 2 aliphatic heterocycles. The van der Waals surface area contributed by atoms with Crippen LogP contribution in [0.5, 0.6) is 11.5 Å². The Morgan fingerprint density at radius 3 is 2.79 bits per heavy atom. The van der Waals surface area contributed by atoms with Crippen LogP contribution in [0.25, 0.3) is 6.08 Å². The summed E-state index contributed by atoms with van der Waals surface area (Å²) < 4.78 is 6.52. The molecule has 2 bridgehead atoms. The molecule has 38 heavy (non-hydrogen) atoms. The van der Waals surface area contributed by atoms with Gasteiger partial charge in [-0.1, -0.05) is 29.8 Å². The zero-order valence-corrected chi connectivity index (χ0v) is 21.9. The number of likely N-dealkylation sites (N-methyl/N-ethyl adjacent to an activating group) is 1. The first-order valence-electron chi connectivity index (χ1n) is 13.8. The Kier molecular flexibility index (Phi) is 5.14. The minimum Gasteiger partial charge on any atom is -0.504 e. The molecule has 3 aliphatic carbocycles. The van der Waals surface area contributed by atoms with E-state index in [1.165, 1.54) is 18.9 Å². The Labute approximate surface area is 222 Å². The molecule has 1 saturated heterocycles. The van der Waals surface area contributed by atoms with E-state index < -0.39 is 23.2 Å². The van der Waals surface area contributed by atoms with Gasteiger partial charge in [0, 0.05) is 37.3 Å². The lowest BCUT2D eigenvalue weighted by atomic mass is 9.48. The summed E-state index contributed by atoms with van der Waals surface area (Å²) in [5, 5.41) is 23.4. The maximum absolute atomic E-state index is 13.9. The van der Waals surface area contributed by atoms with Crippen LogP contribution in [-0.2, 0) is 10.2 Å². The zero-order valence-electron chi connectivity index (χ0n) is 21.9. The lowest BCUT2D eigenvalue weighted by molar-refractivity contribution is -0.187. The Balaban J connectivity index is 1.27. The molecular formula is C31H34N2O5. The summed E-state index contributed by atoms with van der Waals surface area (Å²) in [7, 11) is 1.79. The largest absolute Gasteiger partial charge is 0.504 e. The Morgan fingerprint density at radius 1 is 1.21 bits per heavy atom. The SMILES string of the molecule is Cc1cccc(/C=C/C(=O)N(C)C2CC[C@@]3(O)[C@H]4C(=O)c5ccc(O)c6c5[C@@]3(CCN4CC3CC3)C2O6)c1. The van der Waals surface area contributed by atoms with Gasteiger partial charge in [0.1, 0.15) is 17.7 Å². The number of piperidine rings is 1. The number of nitrogens with zero attached hydrogens (tertiary/aromatic N) is 2. The molecule has 0 aromatic heterocycles. The zero-order chi connectivity index (χ0) is 26.4. The van der Waals surface area contributed by atoms with Crippen LogP contribution in [0.1, 0.15) is 59.2 Å². The van der Waals surface area contributed by atoms with Gasteiger partial charge in [0.15, 0.2) is 17.3 Å². The summed E-state index contributed by atoms with van der Waals surface area (Å²) >= 11 is 0. The van der Waals surface area contributed by atoms with Gasteiger partial charge in [-0.05, 0) is 68.7 Å². The van der Waals surface area contributed by atoms with Crippen LogP contribution in [0.15, 0.2) is 42.5 Å². The summed E-state index contributed by atoms with van der Waals surface area (Å²) in [5.74, 6) is 0.656. The normalized spacial score (nSPS) is 33.2. The molecule has 2 saturated carbocycles. The Hall–Kier alpha value is -3.16. The number of Topliss-reactive ketones (excluding diaryl/α,β-unsaturated/α-hetero) is 1. The number of aromatic hydroxyl groups is 1. The highest BCUT2D eigenvalue weighted by Crippen LogP contribution is 2.65. The van der Waals surface area contributed by atoms with Crippen molar-refractivity contribution < 1.29 is 24.5 Å². The number of hydrogen-bond acceptors (Lipinski definition) is 6. The molecular weight excluding hydrogens is 480 g/mol. The molecule has 2 heterocycles. The second-order valence-corrected chi connectivity index (χ2v) is 12.0. The van der Waals surface area contributed by atoms with Crippen molar-refractivity contribution in [1.82, 2.24) is 9.80 Å². The topological polar surface area (TPSA) is 90.3 Å². The number of aryl methyl sites for hydroxylation is 1. The molecule has 7 nitrogen and oxygen atoms in total. The van der Waals surface area contributed by atoms with E-state index in [0.29, 0.717) is 48.6 Å². The number of aliphatic hydroxyl groups is 1. The molecule has 3 fully saturated rings. The first kappa shape index (κ1) is 23.9. The lowest BCUT2D eigenvalue weighted by Gasteiger charge is -2.63. The Morgan fingerprint density at radius 2 is 2.03 bits per heavy atom. The molecule has 1 spiro atoms. The highest BCUT2D eigenvalue weighted by atomic mass is 16.5. The molecule has 2 N–H and O–H groups in total. The predicted molar refractivity (Wildman–Crippen MR) is 142 cm³/mol. The van der Waals surface area contributed by atoms with Gasteiger partial charge in [-0.25, -0.2) is 0 Å². The number of hydrogen-bond donors (Lipinski definition) is 2. The second kappa shape index (κ2) is 8.17. The summed E-state index contributed by atoms with van der Waals surface area (Å²) in [4.78, 5) is 31.2. The maximum Gasteiger partial charge on any atom is 0.246 e. The van der Waals surface area contributed by atoms with E-state index in [4.69, 9.17) is 4.74 Å². The predicted octanol–water partition coefficient (Wildman–Crippen LogP) is 3.45. The van der Waals surface area contributed by atoms with E-state index in [-0.39, 0.29) is 23.5 Å². The van der Waals surface area contributed by atoms with Gasteiger partial charge < -0.3 is 19.8 Å². The van der Waals surface area contributed by atoms with Crippen molar-refractivity contribution in [3.63, 3.8) is 0 Å². The smallest absolute Gasteiger partial charge is 0.246 e. The summed E-state index contributed by atoms with van der Waals surface area (Å²) in [6.45, 7) is 3.53. The minimum atomic E-state index is -1.31. The quantitative estimate of drug-likeness (QED) is 0.594. The average molecular weight is 515 g/mol. The maximum atomic E-state index is 13.9. The van der Waals surface area contributed by atoms with Crippen LogP contribution in [0.3, 0.4) is 0 Å². The number of benzene rings is 2. The standard InChI is InChI=1S/C31H34N2O5/c1-18-4-3-5-19(16-18)8-11-24(35)32(2)22-12-13-31(37)28-26(36)21-9-10-23(34)27-25(21)30(31,29(22)38-27)14-15-33(28)17-20-6-7-20/h3-5,8-11,16,20,22,28-29,34,37H,6-7,12-15,17H2,1-2H3/b11-8+/t22?,28-,29?,30+,31-/m1/s1. The van der Waals surface area contributed by atoms with Crippen LogP contribution >= 0.6 is 0 Å². The fraction of sp³-hybridized carbons (Fsp3) is 0.484. The van der Waals surface area contributed by atoms with Gasteiger partial charge in [0.25, 0.3) is 0 Å². The van der Waals surface area contributed by atoms with Crippen molar-refractivity contribution in [2.24, 2.45) is 5.92 Å².